The van der Waals surface area contributed by atoms with Gasteiger partial charge >= 0.3 is 12.1 Å². The smallest absolute Gasteiger partial charge is 0.490 e. The van der Waals surface area contributed by atoms with Gasteiger partial charge in [-0.15, -0.1) is 0 Å². The summed E-state index contributed by atoms with van der Waals surface area (Å²) in [5.41, 5.74) is 5.87. The summed E-state index contributed by atoms with van der Waals surface area (Å²) < 4.78 is 37.2. The Morgan fingerprint density at radius 3 is 2.26 bits per heavy atom. The lowest BCUT2D eigenvalue weighted by atomic mass is 9.92. The minimum absolute atomic E-state index is 0.279. The highest BCUT2D eigenvalue weighted by atomic mass is 35.5. The molecule has 0 aromatic heterocycles. The molecule has 10 heteroatoms. The van der Waals surface area contributed by atoms with Crippen LogP contribution in [-0.4, -0.2) is 53.7 Å². The Morgan fingerprint density at radius 1 is 1.26 bits per heavy atom. The van der Waals surface area contributed by atoms with Crippen molar-refractivity contribution in [1.82, 2.24) is 5.32 Å². The molecular formula is C17H24ClF3N2O4. The molecule has 2 rings (SSSR count). The first kappa shape index (κ1) is 23.5. The van der Waals surface area contributed by atoms with E-state index in [1.807, 2.05) is 0 Å². The lowest BCUT2D eigenvalue weighted by Gasteiger charge is -2.27. The number of carboxylic acid groups (broad SMARTS) is 1. The number of ether oxygens (including phenoxy) is 1. The summed E-state index contributed by atoms with van der Waals surface area (Å²) in [7, 11) is 0. The lowest BCUT2D eigenvalue weighted by molar-refractivity contribution is -0.192. The van der Waals surface area contributed by atoms with E-state index in [1.54, 1.807) is 24.3 Å². The van der Waals surface area contributed by atoms with E-state index in [-0.39, 0.29) is 6.61 Å². The van der Waals surface area contributed by atoms with Gasteiger partial charge in [-0.05, 0) is 49.9 Å². The van der Waals surface area contributed by atoms with Crippen molar-refractivity contribution in [3.05, 3.63) is 29.3 Å². The highest BCUT2D eigenvalue weighted by molar-refractivity contribution is 6.30. The molecule has 0 heterocycles. The molecule has 0 spiro atoms. The molecule has 0 radical (unpaired) electrons. The molecular weight excluding hydrogens is 389 g/mol. The Hall–Kier alpha value is -1.55. The highest BCUT2D eigenvalue weighted by Gasteiger charge is 2.38. The second-order valence-corrected chi connectivity index (χ2v) is 6.68. The first-order valence-electron chi connectivity index (χ1n) is 8.43. The molecule has 1 aliphatic rings. The van der Waals surface area contributed by atoms with Crippen LogP contribution in [0.25, 0.3) is 0 Å². The number of hydrogen-bond acceptors (Lipinski definition) is 5. The van der Waals surface area contributed by atoms with Crippen LogP contribution in [0.15, 0.2) is 24.3 Å². The Labute approximate surface area is 160 Å². The molecule has 0 amide bonds. The van der Waals surface area contributed by atoms with E-state index in [1.165, 1.54) is 0 Å². The van der Waals surface area contributed by atoms with Gasteiger partial charge in [0.15, 0.2) is 0 Å². The molecule has 1 aromatic carbocycles. The molecule has 0 bridgehead atoms. The standard InChI is InChI=1S/C15H23ClN2O2.C2HF3O2/c16-11-1-7-15(8-2-11)20-10-14(19)9-18-13-5-3-12(17)4-6-13;3-2(4,5)1(6)7/h1-2,7-8,12-14,18-19H,3-6,9-10,17H2;(H,6,7). The summed E-state index contributed by atoms with van der Waals surface area (Å²) in [4.78, 5) is 8.90. The molecule has 5 N–H and O–H groups in total. The number of rotatable bonds is 6. The summed E-state index contributed by atoms with van der Waals surface area (Å²) in [6.45, 7) is 0.828. The average molecular weight is 413 g/mol. The van der Waals surface area contributed by atoms with Crippen molar-refractivity contribution in [2.75, 3.05) is 13.2 Å². The molecule has 1 atom stereocenters. The number of aliphatic carboxylic acids is 1. The predicted octanol–water partition coefficient (Wildman–Crippen LogP) is 2.57. The first-order valence-corrected chi connectivity index (χ1v) is 8.81. The SMILES string of the molecule is NC1CCC(NCC(O)COc2ccc(Cl)cc2)CC1.O=C(O)C(F)(F)F. The van der Waals surface area contributed by atoms with Gasteiger partial charge in [0.05, 0.1) is 0 Å². The summed E-state index contributed by atoms with van der Waals surface area (Å²) in [6, 6.07) is 7.96. The fourth-order valence-corrected chi connectivity index (χ4v) is 2.53. The second-order valence-electron chi connectivity index (χ2n) is 6.24. The molecule has 27 heavy (non-hydrogen) atoms. The largest absolute Gasteiger partial charge is 0.491 e. The van der Waals surface area contributed by atoms with Gasteiger partial charge in [0, 0.05) is 23.7 Å². The molecule has 1 aliphatic carbocycles. The van der Waals surface area contributed by atoms with Crippen molar-refractivity contribution < 1.29 is 32.9 Å². The van der Waals surface area contributed by atoms with Crippen LogP contribution in [0.1, 0.15) is 25.7 Å². The number of aliphatic hydroxyl groups is 1. The van der Waals surface area contributed by atoms with Crippen molar-refractivity contribution >= 4 is 17.6 Å². The van der Waals surface area contributed by atoms with Gasteiger partial charge in [0.1, 0.15) is 18.5 Å². The normalized spacial score (nSPS) is 21.0. The van der Waals surface area contributed by atoms with Crippen LogP contribution in [0, 0.1) is 0 Å². The number of halogens is 4. The van der Waals surface area contributed by atoms with E-state index in [0.717, 1.165) is 31.4 Å². The van der Waals surface area contributed by atoms with Gasteiger partial charge in [-0.2, -0.15) is 13.2 Å². The zero-order valence-electron chi connectivity index (χ0n) is 14.6. The average Bonchev–Trinajstić information content (AvgIpc) is 2.60. The Kier molecular flexibility index (Phi) is 9.86. The van der Waals surface area contributed by atoms with Crippen LogP contribution < -0.4 is 15.8 Å². The number of alkyl halides is 3. The summed E-state index contributed by atoms with van der Waals surface area (Å²) >= 11 is 5.80. The molecule has 0 aliphatic heterocycles. The Bertz CT molecular complexity index is 564. The number of aliphatic hydroxyl groups excluding tert-OH is 1. The van der Waals surface area contributed by atoms with Crippen LogP contribution in [0.5, 0.6) is 5.75 Å². The maximum Gasteiger partial charge on any atom is 0.490 e. The zero-order valence-corrected chi connectivity index (χ0v) is 15.3. The van der Waals surface area contributed by atoms with Crippen LogP contribution >= 0.6 is 11.6 Å². The Balaban J connectivity index is 0.000000445. The van der Waals surface area contributed by atoms with Crippen molar-refractivity contribution in [1.29, 1.82) is 0 Å². The van der Waals surface area contributed by atoms with E-state index in [9.17, 15) is 18.3 Å². The quantitative estimate of drug-likeness (QED) is 0.572. The number of carbonyl (C=O) groups is 1. The van der Waals surface area contributed by atoms with Crippen molar-refractivity contribution in [2.24, 2.45) is 5.73 Å². The van der Waals surface area contributed by atoms with Gasteiger partial charge in [0.2, 0.25) is 0 Å². The third kappa shape index (κ3) is 10.4. The number of carboxylic acids is 1. The van der Waals surface area contributed by atoms with Crippen LogP contribution in [0.2, 0.25) is 5.02 Å². The molecule has 1 fully saturated rings. The maximum atomic E-state index is 10.6. The number of nitrogens with two attached hydrogens (primary N) is 1. The summed E-state index contributed by atoms with van der Waals surface area (Å²) in [6.07, 6.45) is -1.29. The van der Waals surface area contributed by atoms with E-state index in [0.29, 0.717) is 23.7 Å². The molecule has 0 saturated heterocycles. The number of hydrogen-bond donors (Lipinski definition) is 4. The van der Waals surface area contributed by atoms with Gasteiger partial charge in [-0.1, -0.05) is 11.6 Å². The molecule has 1 aromatic rings. The van der Waals surface area contributed by atoms with Crippen LogP contribution in [0.4, 0.5) is 13.2 Å². The predicted molar refractivity (Wildman–Crippen MR) is 94.9 cm³/mol. The fraction of sp³-hybridized carbons (Fsp3) is 0.588. The zero-order chi connectivity index (χ0) is 20.4. The molecule has 1 saturated carbocycles. The van der Waals surface area contributed by atoms with E-state index in [4.69, 9.17) is 32.0 Å². The molecule has 154 valence electrons. The van der Waals surface area contributed by atoms with Crippen molar-refractivity contribution in [3.63, 3.8) is 0 Å². The third-order valence-electron chi connectivity index (χ3n) is 3.91. The second kappa shape index (κ2) is 11.3. The monoisotopic (exact) mass is 412 g/mol. The van der Waals surface area contributed by atoms with Crippen molar-refractivity contribution in [2.45, 2.75) is 50.0 Å². The molecule has 1 unspecified atom stereocenters. The first-order chi connectivity index (χ1) is 12.6. The topological polar surface area (TPSA) is 105 Å². The summed E-state index contributed by atoms with van der Waals surface area (Å²) in [5, 5.41) is 21.1. The minimum Gasteiger partial charge on any atom is -0.491 e. The van der Waals surface area contributed by atoms with Crippen LogP contribution in [0.3, 0.4) is 0 Å². The number of benzene rings is 1. The van der Waals surface area contributed by atoms with Gasteiger partial charge in [0.25, 0.3) is 0 Å². The van der Waals surface area contributed by atoms with Gasteiger partial charge < -0.3 is 26.0 Å². The van der Waals surface area contributed by atoms with E-state index >= 15 is 0 Å². The highest BCUT2D eigenvalue weighted by Crippen LogP contribution is 2.17. The van der Waals surface area contributed by atoms with Gasteiger partial charge in [-0.25, -0.2) is 4.79 Å². The van der Waals surface area contributed by atoms with Crippen LogP contribution in [-0.2, 0) is 4.79 Å². The van der Waals surface area contributed by atoms with E-state index in [2.05, 4.69) is 5.32 Å². The lowest BCUT2D eigenvalue weighted by Crippen LogP contribution is -2.41. The maximum absolute atomic E-state index is 10.6. The fourth-order valence-electron chi connectivity index (χ4n) is 2.41. The van der Waals surface area contributed by atoms with Gasteiger partial charge in [-0.3, -0.25) is 0 Å². The minimum atomic E-state index is -5.08. The number of nitrogens with one attached hydrogen (secondary N) is 1. The molecule has 6 nitrogen and oxygen atoms in total. The Morgan fingerprint density at radius 2 is 1.78 bits per heavy atom. The third-order valence-corrected chi connectivity index (χ3v) is 4.16. The van der Waals surface area contributed by atoms with Crippen molar-refractivity contribution in [3.8, 4) is 5.75 Å². The van der Waals surface area contributed by atoms with E-state index < -0.39 is 18.2 Å². The summed E-state index contributed by atoms with van der Waals surface area (Å²) in [5.74, 6) is -2.04.